The number of nitrogens with one attached hydrogen (secondary N) is 1. The van der Waals surface area contributed by atoms with Crippen molar-refractivity contribution in [1.29, 1.82) is 0 Å². The molecule has 0 fully saturated rings. The van der Waals surface area contributed by atoms with E-state index in [-0.39, 0.29) is 5.56 Å². The molecule has 3 aromatic carbocycles. The second kappa shape index (κ2) is 5.45. The van der Waals surface area contributed by atoms with Crippen molar-refractivity contribution in [3.05, 3.63) is 77.9 Å². The fourth-order valence-electron chi connectivity index (χ4n) is 2.68. The quantitative estimate of drug-likeness (QED) is 0.556. The van der Waals surface area contributed by atoms with Crippen LogP contribution in [0.25, 0.3) is 21.9 Å². The van der Waals surface area contributed by atoms with Crippen LogP contribution in [0.4, 0.5) is 14.5 Å². The molecule has 0 saturated heterocycles. The molecule has 5 heteroatoms. The highest BCUT2D eigenvalue weighted by Crippen LogP contribution is 2.30. The number of para-hydroxylation sites is 1. The lowest BCUT2D eigenvalue weighted by Gasteiger charge is -2.06. The van der Waals surface area contributed by atoms with E-state index in [9.17, 15) is 13.6 Å². The van der Waals surface area contributed by atoms with Crippen LogP contribution in [-0.4, -0.2) is 5.91 Å². The summed E-state index contributed by atoms with van der Waals surface area (Å²) in [5.74, 6) is -2.95. The second-order valence-electron chi connectivity index (χ2n) is 5.36. The lowest BCUT2D eigenvalue weighted by atomic mass is 10.1. The Morgan fingerprint density at radius 2 is 1.67 bits per heavy atom. The minimum absolute atomic E-state index is 0.347. The van der Waals surface area contributed by atoms with Crippen molar-refractivity contribution in [2.45, 2.75) is 0 Å². The van der Waals surface area contributed by atoms with E-state index in [1.54, 1.807) is 12.1 Å². The Labute approximate surface area is 135 Å². The van der Waals surface area contributed by atoms with Gasteiger partial charge in [0, 0.05) is 22.5 Å². The summed E-state index contributed by atoms with van der Waals surface area (Å²) in [7, 11) is 0. The van der Waals surface area contributed by atoms with Crippen molar-refractivity contribution in [3.63, 3.8) is 0 Å². The number of hydrogen-bond acceptors (Lipinski definition) is 2. The summed E-state index contributed by atoms with van der Waals surface area (Å²) in [6.45, 7) is 0. The number of carbonyl (C=O) groups excluding carboxylic acids is 1. The van der Waals surface area contributed by atoms with Gasteiger partial charge < -0.3 is 9.73 Å². The summed E-state index contributed by atoms with van der Waals surface area (Å²) in [5.41, 5.74) is 1.44. The molecule has 0 bridgehead atoms. The minimum Gasteiger partial charge on any atom is -0.456 e. The number of fused-ring (bicyclic) bond motifs is 3. The highest BCUT2D eigenvalue weighted by molar-refractivity contribution is 6.08. The predicted octanol–water partition coefficient (Wildman–Crippen LogP) is 5.12. The molecule has 0 aliphatic heterocycles. The Bertz CT molecular complexity index is 1090. The lowest BCUT2D eigenvalue weighted by molar-refractivity contribution is 0.102. The van der Waals surface area contributed by atoms with Crippen LogP contribution >= 0.6 is 0 Å². The smallest absolute Gasteiger partial charge is 0.258 e. The zero-order valence-corrected chi connectivity index (χ0v) is 12.3. The molecule has 0 aliphatic carbocycles. The first-order valence-corrected chi connectivity index (χ1v) is 7.30. The van der Waals surface area contributed by atoms with E-state index in [0.29, 0.717) is 11.3 Å². The van der Waals surface area contributed by atoms with Crippen LogP contribution in [0.15, 0.2) is 65.1 Å². The zero-order valence-electron chi connectivity index (χ0n) is 12.3. The van der Waals surface area contributed by atoms with Gasteiger partial charge in [0.05, 0.1) is 5.56 Å². The van der Waals surface area contributed by atoms with E-state index in [1.165, 1.54) is 12.1 Å². The van der Waals surface area contributed by atoms with Gasteiger partial charge in [-0.15, -0.1) is 0 Å². The number of rotatable bonds is 2. The number of hydrogen-bond donors (Lipinski definition) is 1. The van der Waals surface area contributed by atoms with Gasteiger partial charge in [0.2, 0.25) is 0 Å². The van der Waals surface area contributed by atoms with Crippen LogP contribution in [0.1, 0.15) is 10.4 Å². The molecule has 0 saturated carbocycles. The van der Waals surface area contributed by atoms with Gasteiger partial charge in [-0.25, -0.2) is 8.78 Å². The van der Waals surface area contributed by atoms with E-state index >= 15 is 0 Å². The summed E-state index contributed by atoms with van der Waals surface area (Å²) in [5, 5.41) is 4.45. The number of halogens is 2. The van der Waals surface area contributed by atoms with Crippen molar-refractivity contribution < 1.29 is 18.0 Å². The molecule has 1 heterocycles. The maximum atomic E-state index is 13.7. The van der Waals surface area contributed by atoms with Gasteiger partial charge in [-0.3, -0.25) is 4.79 Å². The maximum Gasteiger partial charge on any atom is 0.258 e. The molecule has 0 radical (unpaired) electrons. The van der Waals surface area contributed by atoms with Crippen molar-refractivity contribution in [3.8, 4) is 0 Å². The minimum atomic E-state index is -1.17. The summed E-state index contributed by atoms with van der Waals surface area (Å²) in [4.78, 5) is 12.1. The molecule has 1 N–H and O–H groups in total. The van der Waals surface area contributed by atoms with Crippen LogP contribution in [0.3, 0.4) is 0 Å². The van der Waals surface area contributed by atoms with Crippen molar-refractivity contribution in [1.82, 2.24) is 0 Å². The molecule has 0 aliphatic rings. The largest absolute Gasteiger partial charge is 0.456 e. The average Bonchev–Trinajstić information content (AvgIpc) is 2.95. The Kier molecular flexibility index (Phi) is 3.27. The third-order valence-corrected chi connectivity index (χ3v) is 3.83. The normalized spacial score (nSPS) is 11.1. The van der Waals surface area contributed by atoms with Gasteiger partial charge in [0.1, 0.15) is 11.2 Å². The standard InChI is InChI=1S/C19H11F2NO2/c20-15-6-3-5-14(18(15)21)19(23)22-11-8-9-13-12-4-1-2-7-16(12)24-17(13)10-11/h1-10H,(H,22,23). The van der Waals surface area contributed by atoms with Crippen LogP contribution in [0.5, 0.6) is 0 Å². The molecule has 3 nitrogen and oxygen atoms in total. The summed E-state index contributed by atoms with van der Waals surface area (Å²) >= 11 is 0. The number of furan rings is 1. The van der Waals surface area contributed by atoms with E-state index in [1.807, 2.05) is 30.3 Å². The average molecular weight is 323 g/mol. The van der Waals surface area contributed by atoms with E-state index < -0.39 is 17.5 Å². The lowest BCUT2D eigenvalue weighted by Crippen LogP contribution is -2.14. The van der Waals surface area contributed by atoms with Gasteiger partial charge in [0.25, 0.3) is 5.91 Å². The molecule has 0 atom stereocenters. The maximum absolute atomic E-state index is 13.7. The molecule has 1 aromatic heterocycles. The SMILES string of the molecule is O=C(Nc1ccc2c(c1)oc1ccccc12)c1cccc(F)c1F. The molecule has 4 aromatic rings. The summed E-state index contributed by atoms with van der Waals surface area (Å²) in [6, 6.07) is 16.2. The topological polar surface area (TPSA) is 42.2 Å². The number of amides is 1. The van der Waals surface area contributed by atoms with Crippen LogP contribution in [-0.2, 0) is 0 Å². The monoisotopic (exact) mass is 323 g/mol. The van der Waals surface area contributed by atoms with Gasteiger partial charge in [-0.2, -0.15) is 0 Å². The van der Waals surface area contributed by atoms with Crippen molar-refractivity contribution in [2.24, 2.45) is 0 Å². The molecule has 1 amide bonds. The van der Waals surface area contributed by atoms with Gasteiger partial charge >= 0.3 is 0 Å². The van der Waals surface area contributed by atoms with Gasteiger partial charge in [-0.1, -0.05) is 24.3 Å². The first-order chi connectivity index (χ1) is 11.6. The fraction of sp³-hybridized carbons (Fsp3) is 0. The molecule has 0 unspecified atom stereocenters. The van der Waals surface area contributed by atoms with Gasteiger partial charge in [0.15, 0.2) is 11.6 Å². The summed E-state index contributed by atoms with van der Waals surface area (Å²) in [6.07, 6.45) is 0. The van der Waals surface area contributed by atoms with Crippen molar-refractivity contribution >= 4 is 33.5 Å². The third-order valence-electron chi connectivity index (χ3n) is 3.83. The fourth-order valence-corrected chi connectivity index (χ4v) is 2.68. The van der Waals surface area contributed by atoms with E-state index in [0.717, 1.165) is 22.4 Å². The van der Waals surface area contributed by atoms with Crippen LogP contribution in [0.2, 0.25) is 0 Å². The third kappa shape index (κ3) is 2.31. The molecule has 24 heavy (non-hydrogen) atoms. The number of anilines is 1. The van der Waals surface area contributed by atoms with Gasteiger partial charge in [-0.05, 0) is 30.3 Å². The Morgan fingerprint density at radius 3 is 2.54 bits per heavy atom. The number of carbonyl (C=O) groups is 1. The zero-order chi connectivity index (χ0) is 16.7. The van der Waals surface area contributed by atoms with E-state index in [4.69, 9.17) is 4.42 Å². The molecule has 118 valence electrons. The van der Waals surface area contributed by atoms with Crippen LogP contribution < -0.4 is 5.32 Å². The first kappa shape index (κ1) is 14.4. The molecule has 4 rings (SSSR count). The highest BCUT2D eigenvalue weighted by Gasteiger charge is 2.16. The predicted molar refractivity (Wildman–Crippen MR) is 88.0 cm³/mol. The highest BCUT2D eigenvalue weighted by atomic mass is 19.2. The Balaban J connectivity index is 1.70. The summed E-state index contributed by atoms with van der Waals surface area (Å²) < 4.78 is 32.7. The Morgan fingerprint density at radius 1 is 0.875 bits per heavy atom. The van der Waals surface area contributed by atoms with Crippen LogP contribution in [0, 0.1) is 11.6 Å². The second-order valence-corrected chi connectivity index (χ2v) is 5.36. The van der Waals surface area contributed by atoms with E-state index in [2.05, 4.69) is 5.32 Å². The molecular weight excluding hydrogens is 312 g/mol. The Hall–Kier alpha value is -3.21. The molecule has 0 spiro atoms. The molecular formula is C19H11F2NO2. The number of benzene rings is 3. The first-order valence-electron chi connectivity index (χ1n) is 7.30. The van der Waals surface area contributed by atoms with Crippen molar-refractivity contribution in [2.75, 3.05) is 5.32 Å².